The average Bonchev–Trinajstić information content (AvgIpc) is 3.00. The summed E-state index contributed by atoms with van der Waals surface area (Å²) in [6.07, 6.45) is 8.74. The molecule has 1 aromatic carbocycles. The van der Waals surface area contributed by atoms with Crippen molar-refractivity contribution in [3.63, 3.8) is 0 Å². The van der Waals surface area contributed by atoms with Gasteiger partial charge in [0.05, 0.1) is 6.33 Å². The third-order valence-electron chi connectivity index (χ3n) is 2.17. The molecule has 0 aliphatic heterocycles. The second-order valence-electron chi connectivity index (χ2n) is 3.37. The summed E-state index contributed by atoms with van der Waals surface area (Å²) in [4.78, 5) is 10.5. The highest BCUT2D eigenvalue weighted by atomic mass is 14.8. The van der Waals surface area contributed by atoms with Gasteiger partial charge in [-0.1, -0.05) is 36.4 Å². The van der Waals surface area contributed by atoms with Gasteiger partial charge in [0, 0.05) is 24.8 Å². The first-order valence-corrected chi connectivity index (χ1v) is 5.35. The minimum Gasteiger partial charge on any atom is -0.351 e. The first-order chi connectivity index (χ1) is 8.47. The van der Waals surface area contributed by atoms with Crippen molar-refractivity contribution in [1.29, 1.82) is 0 Å². The molecule has 0 bridgehead atoms. The summed E-state index contributed by atoms with van der Waals surface area (Å²) in [6.45, 7) is 0. The van der Waals surface area contributed by atoms with Crippen LogP contribution < -0.4 is 0 Å². The number of nitrogens with zero attached hydrogens (tertiary/aromatic N) is 2. The quantitative estimate of drug-likeness (QED) is 0.688. The van der Waals surface area contributed by atoms with Crippen molar-refractivity contribution in [2.45, 2.75) is 0 Å². The summed E-state index contributed by atoms with van der Waals surface area (Å²) in [5.41, 5.74) is 2.38. The third-order valence-corrected chi connectivity index (χ3v) is 2.17. The topological polar surface area (TPSA) is 41.6 Å². The van der Waals surface area contributed by atoms with Crippen LogP contribution in [-0.4, -0.2) is 15.0 Å². The van der Waals surface area contributed by atoms with E-state index in [0.717, 1.165) is 5.56 Å². The smallest absolute Gasteiger partial charge is 0.0919 e. The van der Waals surface area contributed by atoms with Crippen molar-refractivity contribution in [2.75, 3.05) is 0 Å². The van der Waals surface area contributed by atoms with E-state index in [4.69, 9.17) is 0 Å². The fraction of sp³-hybridized carbons (Fsp3) is 0. The number of hydrogen-bond acceptors (Lipinski definition) is 2. The molecule has 2 aromatic heterocycles. The highest BCUT2D eigenvalue weighted by Gasteiger charge is 1.92. The van der Waals surface area contributed by atoms with Crippen molar-refractivity contribution in [2.24, 2.45) is 0 Å². The molecular weight excluding hydrogens is 210 g/mol. The molecule has 84 valence electrons. The van der Waals surface area contributed by atoms with Gasteiger partial charge in [0.25, 0.3) is 0 Å². The van der Waals surface area contributed by atoms with Crippen molar-refractivity contribution >= 4 is 0 Å². The van der Waals surface area contributed by atoms with Gasteiger partial charge in [0.1, 0.15) is 0 Å². The summed E-state index contributed by atoms with van der Waals surface area (Å²) in [6, 6.07) is 14.2. The predicted molar refractivity (Wildman–Crippen MR) is 68.3 cm³/mol. The zero-order valence-electron chi connectivity index (χ0n) is 9.32. The standard InChI is InChI=1S/C11H9N.C3H4N2/c1-2-5-10(6-3-1)11-7-4-8-12-9-11;1-2-5-3-4-1/h1-9H;1-3H,(H,4,5). The largest absolute Gasteiger partial charge is 0.351 e. The monoisotopic (exact) mass is 223 g/mol. The molecule has 0 aliphatic rings. The molecule has 3 heteroatoms. The second kappa shape index (κ2) is 6.23. The van der Waals surface area contributed by atoms with Crippen molar-refractivity contribution in [3.05, 3.63) is 73.6 Å². The lowest BCUT2D eigenvalue weighted by atomic mass is 10.1. The number of nitrogens with one attached hydrogen (secondary N) is 1. The van der Waals surface area contributed by atoms with Gasteiger partial charge < -0.3 is 4.98 Å². The fourth-order valence-electron chi connectivity index (χ4n) is 1.38. The number of aromatic amines is 1. The van der Waals surface area contributed by atoms with E-state index < -0.39 is 0 Å². The van der Waals surface area contributed by atoms with Gasteiger partial charge in [0.2, 0.25) is 0 Å². The molecule has 0 atom stereocenters. The summed E-state index contributed by atoms with van der Waals surface area (Å²) in [5, 5.41) is 0. The van der Waals surface area contributed by atoms with Crippen molar-refractivity contribution in [3.8, 4) is 11.1 Å². The van der Waals surface area contributed by atoms with Crippen LogP contribution in [-0.2, 0) is 0 Å². The van der Waals surface area contributed by atoms with Crippen LogP contribution in [0.25, 0.3) is 11.1 Å². The first kappa shape index (κ1) is 11.1. The van der Waals surface area contributed by atoms with E-state index >= 15 is 0 Å². The zero-order chi connectivity index (χ0) is 11.8. The van der Waals surface area contributed by atoms with E-state index in [0.29, 0.717) is 0 Å². The fourth-order valence-corrected chi connectivity index (χ4v) is 1.38. The third kappa shape index (κ3) is 3.57. The number of H-pyrrole nitrogens is 1. The molecule has 0 aliphatic carbocycles. The van der Waals surface area contributed by atoms with Crippen LogP contribution in [0.1, 0.15) is 0 Å². The van der Waals surface area contributed by atoms with E-state index in [2.05, 4.69) is 33.2 Å². The first-order valence-electron chi connectivity index (χ1n) is 5.35. The maximum Gasteiger partial charge on any atom is 0.0919 e. The molecule has 0 fully saturated rings. The van der Waals surface area contributed by atoms with Crippen LogP contribution >= 0.6 is 0 Å². The van der Waals surface area contributed by atoms with Crippen LogP contribution in [0.5, 0.6) is 0 Å². The van der Waals surface area contributed by atoms with Crippen LogP contribution in [0.15, 0.2) is 73.6 Å². The number of rotatable bonds is 1. The van der Waals surface area contributed by atoms with Crippen LogP contribution in [0, 0.1) is 0 Å². The predicted octanol–water partition coefficient (Wildman–Crippen LogP) is 3.16. The van der Waals surface area contributed by atoms with Gasteiger partial charge in [-0.3, -0.25) is 4.98 Å². The summed E-state index contributed by atoms with van der Waals surface area (Å²) in [7, 11) is 0. The Hall–Kier alpha value is -2.42. The zero-order valence-corrected chi connectivity index (χ0v) is 9.32. The van der Waals surface area contributed by atoms with Gasteiger partial charge in [-0.2, -0.15) is 0 Å². The van der Waals surface area contributed by atoms with E-state index in [-0.39, 0.29) is 0 Å². The highest BCUT2D eigenvalue weighted by molar-refractivity contribution is 5.61. The Morgan fingerprint density at radius 3 is 2.12 bits per heavy atom. The summed E-state index contributed by atoms with van der Waals surface area (Å²) >= 11 is 0. The van der Waals surface area contributed by atoms with E-state index in [1.54, 1.807) is 24.9 Å². The van der Waals surface area contributed by atoms with Crippen LogP contribution in [0.3, 0.4) is 0 Å². The Morgan fingerprint density at radius 1 is 0.765 bits per heavy atom. The lowest BCUT2D eigenvalue weighted by molar-refractivity contribution is 1.31. The van der Waals surface area contributed by atoms with Gasteiger partial charge in [-0.15, -0.1) is 0 Å². The molecule has 3 rings (SSSR count). The molecule has 0 saturated heterocycles. The molecular formula is C14H13N3. The normalized spacial score (nSPS) is 9.18. The Morgan fingerprint density at radius 2 is 1.59 bits per heavy atom. The lowest BCUT2D eigenvalue weighted by Crippen LogP contribution is -1.76. The number of benzene rings is 1. The average molecular weight is 223 g/mol. The van der Waals surface area contributed by atoms with Gasteiger partial charge in [-0.05, 0) is 17.2 Å². The lowest BCUT2D eigenvalue weighted by Gasteiger charge is -1.97. The maximum absolute atomic E-state index is 4.06. The van der Waals surface area contributed by atoms with Crippen LogP contribution in [0.2, 0.25) is 0 Å². The minimum absolute atomic E-state index is 1.16. The molecule has 0 amide bonds. The number of pyridine rings is 1. The molecule has 0 unspecified atom stereocenters. The summed E-state index contributed by atoms with van der Waals surface area (Å²) in [5.74, 6) is 0. The number of imidazole rings is 1. The van der Waals surface area contributed by atoms with E-state index in [1.165, 1.54) is 5.56 Å². The molecule has 3 nitrogen and oxygen atoms in total. The highest BCUT2D eigenvalue weighted by Crippen LogP contribution is 2.16. The Balaban J connectivity index is 0.000000181. The van der Waals surface area contributed by atoms with Gasteiger partial charge in [-0.25, -0.2) is 4.98 Å². The van der Waals surface area contributed by atoms with Crippen molar-refractivity contribution < 1.29 is 0 Å². The van der Waals surface area contributed by atoms with Crippen molar-refractivity contribution in [1.82, 2.24) is 15.0 Å². The molecule has 0 saturated carbocycles. The molecule has 1 N–H and O–H groups in total. The van der Waals surface area contributed by atoms with Crippen LogP contribution in [0.4, 0.5) is 0 Å². The maximum atomic E-state index is 4.06. The molecule has 17 heavy (non-hydrogen) atoms. The molecule has 3 aromatic rings. The Kier molecular flexibility index (Phi) is 4.06. The van der Waals surface area contributed by atoms with E-state index in [1.807, 2.05) is 30.5 Å². The minimum atomic E-state index is 1.16. The Bertz CT molecular complexity index is 449. The number of hydrogen-bond donors (Lipinski definition) is 1. The summed E-state index contributed by atoms with van der Waals surface area (Å²) < 4.78 is 0. The van der Waals surface area contributed by atoms with Gasteiger partial charge >= 0.3 is 0 Å². The molecule has 0 spiro atoms. The van der Waals surface area contributed by atoms with E-state index in [9.17, 15) is 0 Å². The molecule has 0 radical (unpaired) electrons. The SMILES string of the molecule is c1c[nH]cn1.c1ccc(-c2cccnc2)cc1. The Labute approximate surface area is 100 Å². The number of aromatic nitrogens is 3. The molecule has 2 heterocycles. The van der Waals surface area contributed by atoms with Gasteiger partial charge in [0.15, 0.2) is 0 Å². The second-order valence-corrected chi connectivity index (χ2v) is 3.37.